The fourth-order valence-electron chi connectivity index (χ4n) is 4.08. The van der Waals surface area contributed by atoms with E-state index in [4.69, 9.17) is 0 Å². The first-order chi connectivity index (χ1) is 14.8. The summed E-state index contributed by atoms with van der Waals surface area (Å²) in [7, 11) is 0. The molecular formula is C26H29N3O2. The normalized spacial score (nSPS) is 14.4. The van der Waals surface area contributed by atoms with Crippen LogP contribution in [0.4, 0.5) is 0 Å². The topological polar surface area (TPSA) is 53.5 Å². The molecule has 31 heavy (non-hydrogen) atoms. The van der Waals surface area contributed by atoms with Crippen LogP contribution in [0.2, 0.25) is 0 Å². The Balaban J connectivity index is 1.44. The maximum absolute atomic E-state index is 13.2. The first-order valence-electron chi connectivity index (χ1n) is 10.9. The Hall–Kier alpha value is -3.21. The lowest BCUT2D eigenvalue weighted by Crippen LogP contribution is -2.50. The number of amides is 2. The summed E-state index contributed by atoms with van der Waals surface area (Å²) in [6.07, 6.45) is 0. The van der Waals surface area contributed by atoms with Crippen LogP contribution in [0.15, 0.2) is 48.5 Å². The van der Waals surface area contributed by atoms with Crippen LogP contribution in [0, 0.1) is 13.8 Å². The van der Waals surface area contributed by atoms with Gasteiger partial charge in [-0.2, -0.15) is 0 Å². The van der Waals surface area contributed by atoms with Gasteiger partial charge in [-0.3, -0.25) is 14.6 Å². The lowest BCUT2D eigenvalue weighted by Gasteiger charge is -2.35. The third kappa shape index (κ3) is 4.31. The first kappa shape index (κ1) is 21.0. The maximum Gasteiger partial charge on any atom is 0.255 e. The van der Waals surface area contributed by atoms with Gasteiger partial charge >= 0.3 is 0 Å². The fourth-order valence-corrected chi connectivity index (χ4v) is 4.08. The van der Waals surface area contributed by atoms with Crippen LogP contribution in [-0.2, 0) is 0 Å². The molecule has 2 aromatic carbocycles. The second kappa shape index (κ2) is 8.50. The van der Waals surface area contributed by atoms with Crippen molar-refractivity contribution in [1.29, 1.82) is 0 Å². The van der Waals surface area contributed by atoms with E-state index in [1.807, 2.05) is 66.1 Å². The number of hydrogen-bond acceptors (Lipinski definition) is 3. The van der Waals surface area contributed by atoms with Gasteiger partial charge in [-0.1, -0.05) is 37.6 Å². The molecule has 0 saturated carbocycles. The van der Waals surface area contributed by atoms with Crippen LogP contribution in [0.3, 0.4) is 0 Å². The summed E-state index contributed by atoms with van der Waals surface area (Å²) in [5.74, 6) is 0.457. The summed E-state index contributed by atoms with van der Waals surface area (Å²) in [5, 5.41) is 0.979. The smallest absolute Gasteiger partial charge is 0.255 e. The molecule has 1 aliphatic rings. The van der Waals surface area contributed by atoms with Gasteiger partial charge in [-0.05, 0) is 55.7 Å². The average molecular weight is 416 g/mol. The second-order valence-electron chi connectivity index (χ2n) is 8.68. The van der Waals surface area contributed by atoms with Gasteiger partial charge in [0.15, 0.2) is 0 Å². The molecule has 0 N–H and O–H groups in total. The van der Waals surface area contributed by atoms with E-state index in [1.54, 1.807) is 0 Å². The number of hydrogen-bond donors (Lipinski definition) is 0. The van der Waals surface area contributed by atoms with E-state index >= 15 is 0 Å². The molecule has 1 aliphatic heterocycles. The number of carbonyl (C=O) groups excluding carboxylic acids is 2. The standard InChI is InChI=1S/C26H29N3O2/c1-17(2)20-6-8-21(9-7-20)25(30)28-11-13-29(14-12-28)26(31)23-16-22-15-18(3)5-10-24(22)27-19(23)4/h5-10,15-17H,11-14H2,1-4H3. The van der Waals surface area contributed by atoms with E-state index in [1.165, 1.54) is 5.56 Å². The highest BCUT2D eigenvalue weighted by molar-refractivity contribution is 5.99. The van der Waals surface area contributed by atoms with Crippen molar-refractivity contribution in [1.82, 2.24) is 14.8 Å². The Morgan fingerprint density at radius 2 is 1.45 bits per heavy atom. The third-order valence-corrected chi connectivity index (χ3v) is 6.07. The number of piperazine rings is 1. The summed E-state index contributed by atoms with van der Waals surface area (Å²) in [6.45, 7) is 10.3. The number of pyridine rings is 1. The van der Waals surface area contributed by atoms with E-state index < -0.39 is 0 Å². The minimum absolute atomic E-state index is 0.0122. The Bertz CT molecular complexity index is 1130. The third-order valence-electron chi connectivity index (χ3n) is 6.07. The molecule has 0 unspecified atom stereocenters. The van der Waals surface area contributed by atoms with Crippen LogP contribution in [0.1, 0.15) is 57.3 Å². The van der Waals surface area contributed by atoms with Gasteiger partial charge in [-0.15, -0.1) is 0 Å². The number of carbonyl (C=O) groups is 2. The van der Waals surface area contributed by atoms with Crippen molar-refractivity contribution < 1.29 is 9.59 Å². The molecule has 2 heterocycles. The summed E-state index contributed by atoms with van der Waals surface area (Å²) in [5.41, 5.74) is 5.35. The predicted octanol–water partition coefficient (Wildman–Crippen LogP) is 4.57. The molecule has 0 aliphatic carbocycles. The molecule has 0 radical (unpaired) electrons. The van der Waals surface area contributed by atoms with Crippen molar-refractivity contribution in [2.45, 2.75) is 33.6 Å². The maximum atomic E-state index is 13.2. The zero-order valence-electron chi connectivity index (χ0n) is 18.7. The molecule has 160 valence electrons. The summed E-state index contributed by atoms with van der Waals surface area (Å²) < 4.78 is 0. The van der Waals surface area contributed by atoms with Gasteiger partial charge in [0.1, 0.15) is 0 Å². The van der Waals surface area contributed by atoms with Crippen molar-refractivity contribution in [3.8, 4) is 0 Å². The van der Waals surface area contributed by atoms with Gasteiger partial charge in [0, 0.05) is 37.1 Å². The van der Waals surface area contributed by atoms with Crippen molar-refractivity contribution in [2.75, 3.05) is 26.2 Å². The zero-order valence-corrected chi connectivity index (χ0v) is 18.7. The number of aromatic nitrogens is 1. The minimum Gasteiger partial charge on any atom is -0.335 e. The molecule has 1 saturated heterocycles. The number of rotatable bonds is 3. The number of aryl methyl sites for hydroxylation is 2. The van der Waals surface area contributed by atoms with E-state index in [-0.39, 0.29) is 11.8 Å². The summed E-state index contributed by atoms with van der Waals surface area (Å²) >= 11 is 0. The van der Waals surface area contributed by atoms with Crippen molar-refractivity contribution in [3.63, 3.8) is 0 Å². The Morgan fingerprint density at radius 3 is 2.06 bits per heavy atom. The van der Waals surface area contributed by atoms with Gasteiger partial charge in [0.25, 0.3) is 11.8 Å². The number of fused-ring (bicyclic) bond motifs is 1. The van der Waals surface area contributed by atoms with E-state index in [9.17, 15) is 9.59 Å². The number of nitrogens with zero attached hydrogens (tertiary/aromatic N) is 3. The second-order valence-corrected chi connectivity index (χ2v) is 8.68. The first-order valence-corrected chi connectivity index (χ1v) is 10.9. The Kier molecular flexibility index (Phi) is 5.77. The van der Waals surface area contributed by atoms with E-state index in [0.29, 0.717) is 43.2 Å². The monoisotopic (exact) mass is 415 g/mol. The van der Waals surface area contributed by atoms with Crippen LogP contribution >= 0.6 is 0 Å². The molecular weight excluding hydrogens is 386 g/mol. The average Bonchev–Trinajstić information content (AvgIpc) is 2.78. The zero-order chi connectivity index (χ0) is 22.1. The molecule has 5 nitrogen and oxygen atoms in total. The highest BCUT2D eigenvalue weighted by Crippen LogP contribution is 2.21. The van der Waals surface area contributed by atoms with Crippen LogP contribution in [0.25, 0.3) is 10.9 Å². The van der Waals surface area contributed by atoms with Crippen LogP contribution in [-0.4, -0.2) is 52.8 Å². The van der Waals surface area contributed by atoms with Gasteiger partial charge in [0.2, 0.25) is 0 Å². The number of benzene rings is 2. The Labute approximate surface area is 183 Å². The minimum atomic E-state index is -0.0122. The van der Waals surface area contributed by atoms with Gasteiger partial charge < -0.3 is 9.80 Å². The molecule has 1 fully saturated rings. The van der Waals surface area contributed by atoms with Crippen molar-refractivity contribution in [3.05, 3.63) is 76.5 Å². The molecule has 2 amide bonds. The van der Waals surface area contributed by atoms with Gasteiger partial charge in [0.05, 0.1) is 16.8 Å². The van der Waals surface area contributed by atoms with Crippen molar-refractivity contribution in [2.24, 2.45) is 0 Å². The van der Waals surface area contributed by atoms with Crippen molar-refractivity contribution >= 4 is 22.7 Å². The lowest BCUT2D eigenvalue weighted by atomic mass is 10.0. The molecule has 0 bridgehead atoms. The predicted molar refractivity (Wildman–Crippen MR) is 124 cm³/mol. The molecule has 4 rings (SSSR count). The molecule has 1 aromatic heterocycles. The molecule has 0 atom stereocenters. The SMILES string of the molecule is Cc1ccc2nc(C)c(C(=O)N3CCN(C(=O)c4ccc(C(C)C)cc4)CC3)cc2c1. The molecule has 3 aromatic rings. The summed E-state index contributed by atoms with van der Waals surface area (Å²) in [4.78, 5) is 34.3. The molecule has 0 spiro atoms. The quantitative estimate of drug-likeness (QED) is 0.629. The fraction of sp³-hybridized carbons (Fsp3) is 0.346. The summed E-state index contributed by atoms with van der Waals surface area (Å²) in [6, 6.07) is 15.9. The lowest BCUT2D eigenvalue weighted by molar-refractivity contribution is 0.0535. The largest absolute Gasteiger partial charge is 0.335 e. The highest BCUT2D eigenvalue weighted by atomic mass is 16.2. The molecule has 5 heteroatoms. The highest BCUT2D eigenvalue weighted by Gasteiger charge is 2.26. The Morgan fingerprint density at radius 1 is 0.839 bits per heavy atom. The van der Waals surface area contributed by atoms with Crippen LogP contribution < -0.4 is 0 Å². The van der Waals surface area contributed by atoms with Crippen LogP contribution in [0.5, 0.6) is 0 Å². The van der Waals surface area contributed by atoms with E-state index in [0.717, 1.165) is 22.2 Å². The van der Waals surface area contributed by atoms with E-state index in [2.05, 4.69) is 24.9 Å². The van der Waals surface area contributed by atoms with Gasteiger partial charge in [-0.25, -0.2) is 0 Å².